The Kier molecular flexibility index (Phi) is 12.2. The van der Waals surface area contributed by atoms with Crippen molar-refractivity contribution in [1.29, 1.82) is 0 Å². The van der Waals surface area contributed by atoms with Crippen LogP contribution in [0.5, 0.6) is 0 Å². The van der Waals surface area contributed by atoms with Crippen LogP contribution in [0, 0.1) is 35.5 Å². The third-order valence-corrected chi connectivity index (χ3v) is 11.3. The number of nitrogens with zero attached hydrogens (tertiary/aromatic N) is 1. The lowest BCUT2D eigenvalue weighted by molar-refractivity contribution is -0.144. The van der Waals surface area contributed by atoms with E-state index in [1.807, 2.05) is 54.6 Å². The first-order valence-corrected chi connectivity index (χ1v) is 18.8. The normalized spacial score (nSPS) is 22.8. The van der Waals surface area contributed by atoms with E-state index < -0.39 is 42.2 Å². The molecule has 0 unspecified atom stereocenters. The van der Waals surface area contributed by atoms with E-state index in [1.165, 1.54) is 0 Å². The summed E-state index contributed by atoms with van der Waals surface area (Å²) in [5.41, 5.74) is 4.65. The monoisotopic (exact) mass is 712 g/mol. The fourth-order valence-corrected chi connectivity index (χ4v) is 8.43. The van der Waals surface area contributed by atoms with Crippen molar-refractivity contribution < 1.29 is 32.4 Å². The lowest BCUT2D eigenvalue weighted by Gasteiger charge is -2.25. The van der Waals surface area contributed by atoms with Crippen molar-refractivity contribution in [3.8, 4) is 0 Å². The third-order valence-electron chi connectivity index (χ3n) is 11.3. The molecule has 0 spiro atoms. The van der Waals surface area contributed by atoms with Crippen molar-refractivity contribution in [2.24, 2.45) is 35.5 Å². The van der Waals surface area contributed by atoms with Crippen molar-refractivity contribution in [2.75, 3.05) is 39.3 Å². The minimum absolute atomic E-state index is 0.00952. The Morgan fingerprint density at radius 2 is 0.904 bits per heavy atom. The number of carbonyl (C=O) groups is 3. The van der Waals surface area contributed by atoms with Crippen molar-refractivity contribution in [3.63, 3.8) is 0 Å². The molecule has 3 aliphatic heterocycles. The van der Waals surface area contributed by atoms with Gasteiger partial charge in [-0.2, -0.15) is 0 Å². The molecule has 0 aromatic heterocycles. The number of benzene rings is 3. The topological polar surface area (TPSA) is 151 Å². The van der Waals surface area contributed by atoms with Crippen LogP contribution in [0.25, 0.3) is 0 Å². The molecule has 3 aliphatic rings. The van der Waals surface area contributed by atoms with Crippen LogP contribution in [-0.4, -0.2) is 77.4 Å². The summed E-state index contributed by atoms with van der Waals surface area (Å²) in [6.07, 6.45) is 3.50. The van der Waals surface area contributed by atoms with E-state index in [0.29, 0.717) is 44.5 Å². The van der Waals surface area contributed by atoms with E-state index in [4.69, 9.17) is 0 Å². The molecule has 0 aliphatic carbocycles. The Hall–Kier alpha value is -4.09. The minimum Gasteiger partial charge on any atom is -0.481 e. The standard InChI is InChI=1S/C42H54N4O6/c47-40(48)37(34-10-13-43-22-34)19-28-4-1-7-31(16-28)25-46(26-32-8-2-5-29(17-32)20-38(41(49)50)35-11-14-44-23-35)27-33-9-3-6-30(18-33)21-39(42(51)52)36-12-15-45-24-36/h1-9,16-18,34-39,43-45H,10-15,19-27H2,(H,47,48)(H,49,50)(H,51,52)/t34-,35-,36-,37-,38-,39-/m0/s1/i25D2. The molecule has 6 atom stereocenters. The lowest BCUT2D eigenvalue weighted by Crippen LogP contribution is -2.28. The Bertz CT molecular complexity index is 1670. The fourth-order valence-electron chi connectivity index (χ4n) is 8.43. The third kappa shape index (κ3) is 10.3. The highest BCUT2D eigenvalue weighted by atomic mass is 16.4. The smallest absolute Gasteiger partial charge is 0.307 e. The average molecular weight is 713 g/mol. The second kappa shape index (κ2) is 18.1. The molecule has 6 rings (SSSR count). The van der Waals surface area contributed by atoms with Gasteiger partial charge in [0.2, 0.25) is 0 Å². The van der Waals surface area contributed by atoms with Gasteiger partial charge in [0, 0.05) is 22.3 Å². The molecule has 3 heterocycles. The van der Waals surface area contributed by atoms with Gasteiger partial charge in [-0.25, -0.2) is 0 Å². The molecule has 6 N–H and O–H groups in total. The van der Waals surface area contributed by atoms with E-state index in [0.717, 1.165) is 66.7 Å². The quantitative estimate of drug-likeness (QED) is 0.112. The summed E-state index contributed by atoms with van der Waals surface area (Å²) in [7, 11) is 0. The van der Waals surface area contributed by atoms with E-state index in [9.17, 15) is 32.4 Å². The van der Waals surface area contributed by atoms with Gasteiger partial charge in [0.15, 0.2) is 0 Å². The molecule has 0 bridgehead atoms. The van der Waals surface area contributed by atoms with Gasteiger partial charge in [0.25, 0.3) is 0 Å². The Labute approximate surface area is 309 Å². The lowest BCUT2D eigenvalue weighted by atomic mass is 9.85. The van der Waals surface area contributed by atoms with Crippen molar-refractivity contribution in [1.82, 2.24) is 20.9 Å². The SMILES string of the molecule is [2H]C([2H])(c1cccc(C[C@H](C(=O)O)[C@H]2CCNC2)c1)N(Cc1cccc(C[C@H](C(=O)O)[C@H]2CCNC2)c1)Cc1cccc(C[C@H](C(=O)O)[C@H]2CCNC2)c1. The van der Waals surface area contributed by atoms with Gasteiger partial charge in [0.1, 0.15) is 0 Å². The fraction of sp³-hybridized carbons (Fsp3) is 0.500. The molecule has 0 radical (unpaired) electrons. The van der Waals surface area contributed by atoms with Gasteiger partial charge in [-0.05, 0) is 129 Å². The van der Waals surface area contributed by atoms with E-state index in [1.54, 1.807) is 23.1 Å². The first kappa shape index (κ1) is 35.0. The highest BCUT2D eigenvalue weighted by Gasteiger charge is 2.33. The zero-order valence-electron chi connectivity index (χ0n) is 31.8. The zero-order chi connectivity index (χ0) is 38.2. The summed E-state index contributed by atoms with van der Waals surface area (Å²) in [4.78, 5) is 38.7. The first-order chi connectivity index (χ1) is 26.0. The summed E-state index contributed by atoms with van der Waals surface area (Å²) in [6.45, 7) is 2.86. The molecule has 10 nitrogen and oxygen atoms in total. The molecule has 278 valence electrons. The van der Waals surface area contributed by atoms with Crippen LogP contribution in [0.2, 0.25) is 0 Å². The zero-order valence-corrected chi connectivity index (χ0v) is 29.8. The maximum Gasteiger partial charge on any atom is 0.307 e. The summed E-state index contributed by atoms with van der Waals surface area (Å²) < 4.78 is 19.2. The molecule has 0 saturated carbocycles. The maximum atomic E-state index is 12.3. The molecular formula is C42H54N4O6. The summed E-state index contributed by atoms with van der Waals surface area (Å²) in [6, 6.07) is 22.7. The first-order valence-electron chi connectivity index (χ1n) is 19.8. The Balaban J connectivity index is 1.28. The molecule has 0 amide bonds. The molecule has 3 aromatic carbocycles. The van der Waals surface area contributed by atoms with Crippen molar-refractivity contribution in [3.05, 3.63) is 106 Å². The van der Waals surface area contributed by atoms with E-state index in [2.05, 4.69) is 16.0 Å². The number of rotatable bonds is 18. The van der Waals surface area contributed by atoms with Gasteiger partial charge in [0.05, 0.1) is 17.8 Å². The second-order valence-electron chi connectivity index (χ2n) is 15.0. The van der Waals surface area contributed by atoms with Crippen LogP contribution in [0.4, 0.5) is 0 Å². The highest BCUT2D eigenvalue weighted by molar-refractivity contribution is 5.72. The summed E-state index contributed by atoms with van der Waals surface area (Å²) in [5, 5.41) is 40.1. The van der Waals surface area contributed by atoms with E-state index >= 15 is 0 Å². The molecule has 3 aromatic rings. The number of nitrogens with one attached hydrogen (secondary N) is 3. The number of hydrogen-bond donors (Lipinski definition) is 6. The Morgan fingerprint density at radius 3 is 1.23 bits per heavy atom. The van der Waals surface area contributed by atoms with Crippen LogP contribution in [0.3, 0.4) is 0 Å². The van der Waals surface area contributed by atoms with Gasteiger partial charge >= 0.3 is 17.9 Å². The molecule has 10 heteroatoms. The predicted octanol–water partition coefficient (Wildman–Crippen LogP) is 4.45. The van der Waals surface area contributed by atoms with Gasteiger partial charge < -0.3 is 31.3 Å². The van der Waals surface area contributed by atoms with Crippen molar-refractivity contribution >= 4 is 17.9 Å². The highest BCUT2D eigenvalue weighted by Crippen LogP contribution is 2.28. The molecular weight excluding hydrogens is 656 g/mol. The number of carboxylic acids is 3. The summed E-state index contributed by atoms with van der Waals surface area (Å²) in [5.74, 6) is -3.98. The number of carboxylic acid groups (broad SMARTS) is 3. The molecule has 3 saturated heterocycles. The van der Waals surface area contributed by atoms with Gasteiger partial charge in [-0.1, -0.05) is 72.8 Å². The molecule has 3 fully saturated rings. The number of hydrogen-bond acceptors (Lipinski definition) is 7. The second-order valence-corrected chi connectivity index (χ2v) is 15.0. The van der Waals surface area contributed by atoms with Crippen LogP contribution < -0.4 is 16.0 Å². The number of aliphatic carboxylic acids is 3. The molecule has 52 heavy (non-hydrogen) atoms. The predicted molar refractivity (Wildman–Crippen MR) is 200 cm³/mol. The maximum absolute atomic E-state index is 12.3. The van der Waals surface area contributed by atoms with Crippen LogP contribution in [0.15, 0.2) is 72.8 Å². The average Bonchev–Trinajstić information content (AvgIpc) is 3.97. The van der Waals surface area contributed by atoms with Gasteiger partial charge in [-0.15, -0.1) is 0 Å². The summed E-state index contributed by atoms with van der Waals surface area (Å²) >= 11 is 0. The largest absolute Gasteiger partial charge is 0.481 e. The Morgan fingerprint density at radius 1 is 0.577 bits per heavy atom. The van der Waals surface area contributed by atoms with Crippen molar-refractivity contribution in [2.45, 2.75) is 58.1 Å². The van der Waals surface area contributed by atoms with E-state index in [-0.39, 0.29) is 30.8 Å². The van der Waals surface area contributed by atoms with Crippen LogP contribution in [-0.2, 0) is 53.2 Å². The van der Waals surface area contributed by atoms with Crippen LogP contribution in [0.1, 0.15) is 55.4 Å². The van der Waals surface area contributed by atoms with Gasteiger partial charge in [-0.3, -0.25) is 19.3 Å². The minimum atomic E-state index is -1.99. The van der Waals surface area contributed by atoms with Crippen LogP contribution >= 0.6 is 0 Å².